The number of halogens is 14. The maximum absolute atomic E-state index is 14.2. The fraction of sp³-hybridized carbons (Fsp3) is 0.900. The Kier molecular flexibility index (Phi) is 2.76. The molecule has 26 heavy (non-hydrogen) atoms. The maximum Gasteiger partial charge on any atom is 0.385 e. The van der Waals surface area contributed by atoms with Crippen LogP contribution in [0.15, 0.2) is 0 Å². The number of rotatable bonds is 0. The highest BCUT2D eigenvalue weighted by Gasteiger charge is 3.17. The summed E-state index contributed by atoms with van der Waals surface area (Å²) in [5.74, 6) is -49.7. The Morgan fingerprint density at radius 3 is 1.12 bits per heavy atom. The van der Waals surface area contributed by atoms with Gasteiger partial charge in [0.05, 0.1) is 0 Å². The second-order valence-electron chi connectivity index (χ2n) is 5.83. The smallest absolute Gasteiger partial charge is 0.385 e. The van der Waals surface area contributed by atoms with E-state index in [0.717, 1.165) is 0 Å². The summed E-state index contributed by atoms with van der Waals surface area (Å²) < 4.78 is 197. The molecule has 2 unspecified atom stereocenters. The predicted octanol–water partition coefficient (Wildman–Crippen LogP) is 3.54. The van der Waals surface area contributed by atoms with Crippen molar-refractivity contribution in [3.63, 3.8) is 0 Å². The Balaban J connectivity index is 2.70. The minimum atomic E-state index is -7.81. The van der Waals surface area contributed by atoms with E-state index < -0.39 is 58.4 Å². The summed E-state index contributed by atoms with van der Waals surface area (Å²) in [7, 11) is 0. The van der Waals surface area contributed by atoms with Gasteiger partial charge in [-0.3, -0.25) is 0 Å². The fourth-order valence-corrected chi connectivity index (χ4v) is 3.32. The first kappa shape index (κ1) is 19.3. The van der Waals surface area contributed by atoms with Gasteiger partial charge in [0.1, 0.15) is 0 Å². The van der Waals surface area contributed by atoms with Crippen LogP contribution in [0.1, 0.15) is 0 Å². The van der Waals surface area contributed by atoms with Gasteiger partial charge < -0.3 is 4.74 Å². The second-order valence-corrected chi connectivity index (χ2v) is 5.83. The van der Waals surface area contributed by atoms with Crippen LogP contribution < -0.4 is 0 Å². The minimum absolute atomic E-state index is 2.30. The molecule has 4 aliphatic rings. The zero-order valence-electron chi connectivity index (χ0n) is 11.1. The van der Waals surface area contributed by atoms with Gasteiger partial charge in [0, 0.05) is 0 Å². The number of hydrogen-bond acceptors (Lipinski definition) is 2. The van der Waals surface area contributed by atoms with Crippen molar-refractivity contribution >= 4 is 5.97 Å². The highest BCUT2D eigenvalue weighted by atomic mass is 19.3. The molecule has 2 aliphatic carbocycles. The van der Waals surface area contributed by atoms with Crippen LogP contribution in [0.25, 0.3) is 0 Å². The largest absolute Gasteiger partial charge is 0.414 e. The van der Waals surface area contributed by atoms with Crippen LogP contribution in [0, 0.1) is 0 Å². The third-order valence-corrected chi connectivity index (χ3v) is 4.78. The van der Waals surface area contributed by atoms with Crippen molar-refractivity contribution < 1.29 is 71.0 Å². The first-order valence-electron chi connectivity index (χ1n) is 6.01. The topological polar surface area (TPSA) is 26.3 Å². The summed E-state index contributed by atoms with van der Waals surface area (Å²) in [4.78, 5) is 11.0. The Morgan fingerprint density at radius 2 is 0.808 bits per heavy atom. The van der Waals surface area contributed by atoms with Gasteiger partial charge in [0.2, 0.25) is 0 Å². The lowest BCUT2D eigenvalue weighted by Gasteiger charge is -2.62. The molecule has 2 saturated heterocycles. The molecule has 0 aromatic heterocycles. The van der Waals surface area contributed by atoms with Crippen molar-refractivity contribution in [1.29, 1.82) is 0 Å². The molecule has 0 aromatic rings. The summed E-state index contributed by atoms with van der Waals surface area (Å²) in [6, 6.07) is 0. The molecule has 2 heterocycles. The molecule has 4 rings (SSSR count). The zero-order valence-corrected chi connectivity index (χ0v) is 11.1. The van der Waals surface area contributed by atoms with Crippen molar-refractivity contribution in [3.8, 4) is 0 Å². The Bertz CT molecular complexity index is 685. The van der Waals surface area contributed by atoms with Gasteiger partial charge in [-0.25, -0.2) is 18.0 Å². The van der Waals surface area contributed by atoms with Gasteiger partial charge in [0.15, 0.2) is 0 Å². The van der Waals surface area contributed by atoms with E-state index in [2.05, 4.69) is 4.74 Å². The average molecular weight is 418 g/mol. The van der Waals surface area contributed by atoms with Crippen LogP contribution in [0.5, 0.6) is 0 Å². The molecule has 4 bridgehead atoms. The van der Waals surface area contributed by atoms with Crippen LogP contribution in [0.3, 0.4) is 0 Å². The normalized spacial score (nSPS) is 51.7. The average Bonchev–Trinajstić information content (AvgIpc) is 2.51. The molecule has 4 atom stereocenters. The number of carbonyl (C=O) groups excluding carboxylic acids is 1. The van der Waals surface area contributed by atoms with Crippen LogP contribution in [0.2, 0.25) is 0 Å². The molecule has 2 aliphatic heterocycles. The molecule has 4 fully saturated rings. The molecule has 2 saturated carbocycles. The van der Waals surface area contributed by atoms with Crippen LogP contribution >= 0.6 is 0 Å². The van der Waals surface area contributed by atoms with Gasteiger partial charge in [-0.15, -0.1) is 0 Å². The van der Waals surface area contributed by atoms with Crippen LogP contribution in [-0.4, -0.2) is 58.4 Å². The second kappa shape index (κ2) is 3.72. The van der Waals surface area contributed by atoms with E-state index in [-0.39, 0.29) is 0 Å². The number of ether oxygens (including phenoxy) is 1. The summed E-state index contributed by atoms with van der Waals surface area (Å²) in [5, 5.41) is 0. The van der Waals surface area contributed by atoms with Crippen LogP contribution in [0.4, 0.5) is 61.5 Å². The monoisotopic (exact) mass is 418 g/mol. The molecule has 0 radical (unpaired) electrons. The van der Waals surface area contributed by atoms with E-state index in [4.69, 9.17) is 0 Å². The molecule has 0 spiro atoms. The SMILES string of the molecule is O=C1OC2(F)C(F)(F)[C@@]3(F)C(F)(F)C1(F)C(F)(F)[C@@](F)(C2(F)F)C3(F)F. The fourth-order valence-electron chi connectivity index (χ4n) is 3.32. The third-order valence-electron chi connectivity index (χ3n) is 4.78. The number of carbonyl (C=O) groups is 1. The zero-order chi connectivity index (χ0) is 20.8. The van der Waals surface area contributed by atoms with Gasteiger partial charge in [-0.1, -0.05) is 0 Å². The van der Waals surface area contributed by atoms with Crippen molar-refractivity contribution in [2.75, 3.05) is 0 Å². The lowest BCUT2D eigenvalue weighted by Crippen LogP contribution is -2.98. The maximum atomic E-state index is 14.2. The van der Waals surface area contributed by atoms with Gasteiger partial charge in [-0.2, -0.15) is 48.3 Å². The first-order chi connectivity index (χ1) is 11.1. The highest BCUT2D eigenvalue weighted by Crippen LogP contribution is 2.82. The summed E-state index contributed by atoms with van der Waals surface area (Å²) in [6.45, 7) is 0. The first-order valence-corrected chi connectivity index (χ1v) is 6.01. The molecular weight excluding hydrogens is 418 g/mol. The Labute approximate surface area is 131 Å². The van der Waals surface area contributed by atoms with Crippen LogP contribution in [-0.2, 0) is 9.53 Å². The molecule has 150 valence electrons. The standard InChI is InChI=1S/C10F14O2/c11-2-1(25)26-10(24)8(20,21)3(12,5(2,14)15)7(18,19)4(13,6(2,16)17)9(10,22)23/t2?,3-,4+,10?. The quantitative estimate of drug-likeness (QED) is 0.445. The molecular formula is C10F14O2. The number of alkyl halides is 14. The van der Waals surface area contributed by atoms with Crippen molar-refractivity contribution in [2.24, 2.45) is 0 Å². The van der Waals surface area contributed by atoms with E-state index >= 15 is 0 Å². The molecule has 0 amide bonds. The van der Waals surface area contributed by atoms with E-state index in [1.165, 1.54) is 0 Å². The van der Waals surface area contributed by atoms with Crippen molar-refractivity contribution in [1.82, 2.24) is 0 Å². The van der Waals surface area contributed by atoms with E-state index in [1.807, 2.05) is 0 Å². The number of fused-ring (bicyclic) bond motifs is 1. The van der Waals surface area contributed by atoms with Crippen molar-refractivity contribution in [2.45, 2.75) is 52.5 Å². The van der Waals surface area contributed by atoms with Gasteiger partial charge >= 0.3 is 58.4 Å². The number of esters is 1. The van der Waals surface area contributed by atoms with E-state index in [9.17, 15) is 66.3 Å². The highest BCUT2D eigenvalue weighted by molar-refractivity contribution is 5.86. The lowest BCUT2D eigenvalue weighted by atomic mass is 9.53. The predicted molar refractivity (Wildman–Crippen MR) is 46.2 cm³/mol. The van der Waals surface area contributed by atoms with Gasteiger partial charge in [0.25, 0.3) is 0 Å². The summed E-state index contributed by atoms with van der Waals surface area (Å²) in [6.07, 6.45) is 0. The summed E-state index contributed by atoms with van der Waals surface area (Å²) in [5.41, 5.74) is -22.5. The lowest BCUT2D eigenvalue weighted by molar-refractivity contribution is -0.538. The van der Waals surface area contributed by atoms with Crippen molar-refractivity contribution in [3.05, 3.63) is 0 Å². The number of hydrogen-bond donors (Lipinski definition) is 0. The third kappa shape index (κ3) is 1.05. The minimum Gasteiger partial charge on any atom is -0.414 e. The molecule has 0 aromatic carbocycles. The molecule has 16 heteroatoms. The molecule has 0 N–H and O–H groups in total. The Hall–Kier alpha value is -1.51. The Morgan fingerprint density at radius 1 is 0.500 bits per heavy atom. The van der Waals surface area contributed by atoms with E-state index in [0.29, 0.717) is 0 Å². The van der Waals surface area contributed by atoms with Gasteiger partial charge in [-0.05, 0) is 0 Å². The molecule has 2 nitrogen and oxygen atoms in total. The summed E-state index contributed by atoms with van der Waals surface area (Å²) >= 11 is 0. The van der Waals surface area contributed by atoms with E-state index in [1.54, 1.807) is 0 Å².